The topological polar surface area (TPSA) is 23.6 Å². The Hall–Kier alpha value is -1.61. The van der Waals surface area contributed by atoms with E-state index in [2.05, 4.69) is 16.8 Å². The van der Waals surface area contributed by atoms with Crippen molar-refractivity contribution in [1.29, 1.82) is 0 Å². The number of Topliss-reactive ketones (excluding diaryl/α,β-unsaturated/α-hetero) is 1. The fourth-order valence-corrected chi connectivity index (χ4v) is 3.16. The van der Waals surface area contributed by atoms with Gasteiger partial charge in [0, 0.05) is 43.0 Å². The van der Waals surface area contributed by atoms with E-state index in [1.807, 2.05) is 30.3 Å². The largest absolute Gasteiger partial charge is 0.372 e. The van der Waals surface area contributed by atoms with E-state index in [-0.39, 0.29) is 5.78 Å². The molecule has 1 heterocycles. The van der Waals surface area contributed by atoms with Gasteiger partial charge in [0.2, 0.25) is 0 Å². The van der Waals surface area contributed by atoms with Gasteiger partial charge in [-0.25, -0.2) is 0 Å². The number of rotatable bonds is 3. The molecule has 1 fully saturated rings. The van der Waals surface area contributed by atoms with E-state index >= 15 is 0 Å². The van der Waals surface area contributed by atoms with Gasteiger partial charge in [-0.3, -0.25) is 4.79 Å². The second-order valence-electron chi connectivity index (χ2n) is 5.76. The first-order valence-corrected chi connectivity index (χ1v) is 7.51. The van der Waals surface area contributed by atoms with Crippen LogP contribution in [0.1, 0.15) is 29.6 Å². The molecular weight excluding hydrogens is 248 g/mol. The Balaban J connectivity index is 1.83. The zero-order valence-electron chi connectivity index (χ0n) is 12.1. The van der Waals surface area contributed by atoms with Crippen LogP contribution in [0, 0.1) is 0 Å². The summed E-state index contributed by atoms with van der Waals surface area (Å²) >= 11 is 0. The zero-order valence-corrected chi connectivity index (χ0v) is 12.1. The molecule has 1 aliphatic carbocycles. The highest BCUT2D eigenvalue weighted by Crippen LogP contribution is 2.31. The average molecular weight is 270 g/mol. The summed E-state index contributed by atoms with van der Waals surface area (Å²) in [5, 5.41) is 0. The molecule has 20 heavy (non-hydrogen) atoms. The summed E-state index contributed by atoms with van der Waals surface area (Å²) in [7, 11) is 2.16. The number of ketones is 1. The maximum Gasteiger partial charge on any atom is 0.190 e. The van der Waals surface area contributed by atoms with Gasteiger partial charge < -0.3 is 9.80 Å². The number of carbonyl (C=O) groups is 1. The number of benzene rings is 1. The number of allylic oxidation sites excluding steroid dienone is 2. The van der Waals surface area contributed by atoms with E-state index in [0.717, 1.165) is 56.6 Å². The van der Waals surface area contributed by atoms with Crippen LogP contribution in [0.5, 0.6) is 0 Å². The van der Waals surface area contributed by atoms with E-state index < -0.39 is 0 Å². The van der Waals surface area contributed by atoms with Gasteiger partial charge in [0.05, 0.1) is 0 Å². The Labute approximate surface area is 120 Å². The van der Waals surface area contributed by atoms with Crippen LogP contribution < -0.4 is 0 Å². The van der Waals surface area contributed by atoms with Gasteiger partial charge in [-0.2, -0.15) is 0 Å². The molecule has 0 atom stereocenters. The van der Waals surface area contributed by atoms with Crippen LogP contribution >= 0.6 is 0 Å². The van der Waals surface area contributed by atoms with Crippen molar-refractivity contribution in [3.63, 3.8) is 0 Å². The third kappa shape index (κ3) is 2.63. The van der Waals surface area contributed by atoms with E-state index in [4.69, 9.17) is 0 Å². The van der Waals surface area contributed by atoms with Gasteiger partial charge in [0.1, 0.15) is 0 Å². The minimum absolute atomic E-state index is 0.233. The monoisotopic (exact) mass is 270 g/mol. The molecule has 1 aromatic rings. The molecule has 0 spiro atoms. The van der Waals surface area contributed by atoms with Crippen molar-refractivity contribution < 1.29 is 4.79 Å². The number of nitrogens with zero attached hydrogens (tertiary/aromatic N) is 2. The summed E-state index contributed by atoms with van der Waals surface area (Å²) in [4.78, 5) is 17.5. The van der Waals surface area contributed by atoms with Crippen LogP contribution in [0.3, 0.4) is 0 Å². The average Bonchev–Trinajstić information content (AvgIpc) is 2.97. The lowest BCUT2D eigenvalue weighted by molar-refractivity contribution is 0.102. The normalized spacial score (nSPS) is 20.6. The summed E-state index contributed by atoms with van der Waals surface area (Å²) in [6, 6.07) is 9.70. The zero-order chi connectivity index (χ0) is 13.9. The molecule has 0 bridgehead atoms. The molecule has 1 saturated heterocycles. The van der Waals surface area contributed by atoms with Crippen LogP contribution in [0.2, 0.25) is 0 Å². The van der Waals surface area contributed by atoms with Gasteiger partial charge >= 0.3 is 0 Å². The first kappa shape index (κ1) is 13.4. The predicted octanol–water partition coefficient (Wildman–Crippen LogP) is 2.55. The van der Waals surface area contributed by atoms with E-state index in [9.17, 15) is 4.79 Å². The van der Waals surface area contributed by atoms with Gasteiger partial charge in [-0.1, -0.05) is 30.3 Å². The van der Waals surface area contributed by atoms with Crippen molar-refractivity contribution in [1.82, 2.24) is 9.80 Å². The van der Waals surface area contributed by atoms with Crippen molar-refractivity contribution in [2.24, 2.45) is 0 Å². The van der Waals surface area contributed by atoms with Crippen LogP contribution in [0.25, 0.3) is 0 Å². The highest BCUT2D eigenvalue weighted by Gasteiger charge is 2.27. The molecule has 3 nitrogen and oxygen atoms in total. The third-order valence-corrected chi connectivity index (χ3v) is 4.38. The molecule has 2 aliphatic rings. The van der Waals surface area contributed by atoms with Crippen molar-refractivity contribution in [3.05, 3.63) is 47.2 Å². The van der Waals surface area contributed by atoms with E-state index in [1.165, 1.54) is 5.70 Å². The highest BCUT2D eigenvalue weighted by molar-refractivity contribution is 6.09. The summed E-state index contributed by atoms with van der Waals surface area (Å²) in [5.41, 5.74) is 3.20. The Morgan fingerprint density at radius 1 is 1.00 bits per heavy atom. The minimum Gasteiger partial charge on any atom is -0.372 e. The van der Waals surface area contributed by atoms with Gasteiger partial charge in [-0.15, -0.1) is 0 Å². The first-order chi connectivity index (χ1) is 9.75. The summed E-state index contributed by atoms with van der Waals surface area (Å²) < 4.78 is 0. The second-order valence-corrected chi connectivity index (χ2v) is 5.76. The maximum absolute atomic E-state index is 12.7. The van der Waals surface area contributed by atoms with Crippen molar-refractivity contribution in [2.75, 3.05) is 33.2 Å². The summed E-state index contributed by atoms with van der Waals surface area (Å²) in [6.45, 7) is 4.29. The molecular formula is C17H22N2O. The summed E-state index contributed by atoms with van der Waals surface area (Å²) in [5.74, 6) is 0.233. The van der Waals surface area contributed by atoms with Gasteiger partial charge in [0.25, 0.3) is 0 Å². The lowest BCUT2D eigenvalue weighted by atomic mass is 10.0. The molecule has 1 aliphatic heterocycles. The van der Waals surface area contributed by atoms with Crippen molar-refractivity contribution in [2.45, 2.75) is 19.3 Å². The molecule has 0 unspecified atom stereocenters. The molecule has 0 N–H and O–H groups in total. The van der Waals surface area contributed by atoms with Crippen LogP contribution in [0.4, 0.5) is 0 Å². The van der Waals surface area contributed by atoms with Crippen molar-refractivity contribution in [3.8, 4) is 0 Å². The maximum atomic E-state index is 12.7. The molecule has 3 rings (SSSR count). The molecule has 1 aromatic carbocycles. The molecule has 0 radical (unpaired) electrons. The van der Waals surface area contributed by atoms with E-state index in [1.54, 1.807) is 0 Å². The van der Waals surface area contributed by atoms with E-state index in [0.29, 0.717) is 0 Å². The number of hydrogen-bond donors (Lipinski definition) is 0. The molecule has 3 heteroatoms. The smallest absolute Gasteiger partial charge is 0.190 e. The highest BCUT2D eigenvalue weighted by atomic mass is 16.1. The molecule has 0 saturated carbocycles. The Bertz CT molecular complexity index is 513. The number of likely N-dealkylation sites (N-methyl/N-ethyl adjacent to an activating group) is 1. The third-order valence-electron chi connectivity index (χ3n) is 4.38. The van der Waals surface area contributed by atoms with Crippen LogP contribution in [0.15, 0.2) is 41.6 Å². The van der Waals surface area contributed by atoms with Crippen LogP contribution in [-0.4, -0.2) is 48.8 Å². The lowest BCUT2D eigenvalue weighted by Crippen LogP contribution is -2.44. The SMILES string of the molecule is CN1CCN(C2=C(C(=O)c3ccccc3)CCC2)CC1. The van der Waals surface area contributed by atoms with Crippen LogP contribution in [-0.2, 0) is 0 Å². The fourth-order valence-electron chi connectivity index (χ4n) is 3.16. The Morgan fingerprint density at radius 3 is 2.40 bits per heavy atom. The Kier molecular flexibility index (Phi) is 3.88. The number of piperazine rings is 1. The standard InChI is InChI=1S/C17H22N2O/c1-18-10-12-19(13-11-18)16-9-5-8-15(16)17(20)14-6-3-2-4-7-14/h2-4,6-7H,5,8-13H2,1H3. The summed E-state index contributed by atoms with van der Waals surface area (Å²) in [6.07, 6.45) is 3.13. The quantitative estimate of drug-likeness (QED) is 0.789. The number of carbonyl (C=O) groups excluding carboxylic acids is 1. The molecule has 0 amide bonds. The molecule has 106 valence electrons. The lowest BCUT2D eigenvalue weighted by Gasteiger charge is -2.35. The molecule has 0 aromatic heterocycles. The first-order valence-electron chi connectivity index (χ1n) is 7.51. The fraction of sp³-hybridized carbons (Fsp3) is 0.471. The Morgan fingerprint density at radius 2 is 1.70 bits per heavy atom. The minimum atomic E-state index is 0.233. The van der Waals surface area contributed by atoms with Gasteiger partial charge in [-0.05, 0) is 26.3 Å². The van der Waals surface area contributed by atoms with Gasteiger partial charge in [0.15, 0.2) is 5.78 Å². The van der Waals surface area contributed by atoms with Crippen molar-refractivity contribution >= 4 is 5.78 Å². The second kappa shape index (κ2) is 5.80. The predicted molar refractivity (Wildman–Crippen MR) is 80.7 cm³/mol. The number of hydrogen-bond acceptors (Lipinski definition) is 3.